The van der Waals surface area contributed by atoms with Crippen molar-refractivity contribution in [1.29, 1.82) is 0 Å². The molecular weight excluding hydrogens is 562 g/mol. The van der Waals surface area contributed by atoms with Crippen molar-refractivity contribution in [1.82, 2.24) is 15.0 Å². The van der Waals surface area contributed by atoms with Crippen LogP contribution in [0.3, 0.4) is 0 Å². The number of hydrogen-bond acceptors (Lipinski definition) is 7. The number of nitrogens with zero attached hydrogens (tertiary/aromatic N) is 5. The Labute approximate surface area is 252 Å². The van der Waals surface area contributed by atoms with E-state index >= 15 is 0 Å². The first kappa shape index (κ1) is 29.4. The molecule has 1 unspecified atom stereocenters. The third-order valence-corrected chi connectivity index (χ3v) is 11.9. The quantitative estimate of drug-likeness (QED) is 0.207. The third-order valence-electron chi connectivity index (χ3n) is 9.38. The number of aliphatic hydroxyl groups excluding tert-OH is 1. The zero-order valence-electron chi connectivity index (χ0n) is 24.9. The third kappa shape index (κ3) is 4.84. The zero-order chi connectivity index (χ0) is 30.5. The highest BCUT2D eigenvalue weighted by Crippen LogP contribution is 2.60. The number of anilines is 2. The molecule has 2 aromatic carbocycles. The van der Waals surface area contributed by atoms with Gasteiger partial charge in [0, 0.05) is 55.0 Å². The number of carbonyl (C=O) groups excluding carboxylic acids is 2. The molecule has 5 atom stereocenters. The Morgan fingerprint density at radius 3 is 2.60 bits per heavy atom. The monoisotopic (exact) mass is 601 g/mol. The molecule has 10 nitrogen and oxygen atoms in total. The Morgan fingerprint density at radius 2 is 1.98 bits per heavy atom. The number of rotatable bonds is 10. The van der Waals surface area contributed by atoms with Crippen LogP contribution < -0.4 is 9.80 Å². The van der Waals surface area contributed by atoms with E-state index in [9.17, 15) is 19.5 Å². The zero-order valence-corrected chi connectivity index (χ0v) is 25.9. The van der Waals surface area contributed by atoms with Gasteiger partial charge in [-0.05, 0) is 43.3 Å². The van der Waals surface area contributed by atoms with E-state index in [2.05, 4.69) is 16.9 Å². The molecule has 6 rings (SSSR count). The summed E-state index contributed by atoms with van der Waals surface area (Å²) < 4.78 is 8.64. The van der Waals surface area contributed by atoms with Crippen molar-refractivity contribution in [3.63, 3.8) is 0 Å². The van der Waals surface area contributed by atoms with Gasteiger partial charge in [-0.2, -0.15) is 0 Å². The molecule has 43 heavy (non-hydrogen) atoms. The van der Waals surface area contributed by atoms with Crippen molar-refractivity contribution in [2.75, 3.05) is 29.5 Å². The molecule has 3 aliphatic heterocycles. The van der Waals surface area contributed by atoms with Gasteiger partial charge in [-0.1, -0.05) is 48.5 Å². The van der Waals surface area contributed by atoms with Gasteiger partial charge in [0.15, 0.2) is 13.9 Å². The highest BCUT2D eigenvalue weighted by molar-refractivity contribution is 6.71. The lowest BCUT2D eigenvalue weighted by Crippen LogP contribution is -2.46. The maximum Gasteiger partial charge on any atom is 0.264 e. The highest BCUT2D eigenvalue weighted by Gasteiger charge is 2.66. The second kappa shape index (κ2) is 11.1. The first-order valence-corrected chi connectivity index (χ1v) is 18.0. The fourth-order valence-corrected chi connectivity index (χ4v) is 9.90. The lowest BCUT2D eigenvalue weighted by molar-refractivity contribution is -0.145. The van der Waals surface area contributed by atoms with E-state index in [0.29, 0.717) is 38.2 Å². The molecule has 2 saturated heterocycles. The first-order chi connectivity index (χ1) is 20.6. The standard InChI is InChI=1S/C32H39N5O5Si/c1-5-15-37-27-12-11-23(36-17-14-29(36)39)18-25(27)32(31(37)40)21(2)30(43(3,4)41)28(42-32)13-16-35-19-26(33-34-35)24(20-38)22-9-7-6-8-10-22/h5-12,18-19,21,24,28,30,38,41H,1,13-17,20H2,2-4H3/t21-,24?,28+,30-,32+/m1/s1. The van der Waals surface area contributed by atoms with Gasteiger partial charge < -0.3 is 24.4 Å². The molecule has 0 radical (unpaired) electrons. The van der Waals surface area contributed by atoms with Crippen LogP contribution in [0.4, 0.5) is 11.4 Å². The minimum Gasteiger partial charge on any atom is -0.432 e. The summed E-state index contributed by atoms with van der Waals surface area (Å²) in [6.45, 7) is 11.0. The number of aryl methyl sites for hydroxylation is 1. The van der Waals surface area contributed by atoms with Crippen molar-refractivity contribution in [2.24, 2.45) is 5.92 Å². The molecule has 3 aromatic rings. The molecule has 2 N–H and O–H groups in total. The van der Waals surface area contributed by atoms with Gasteiger partial charge in [0.05, 0.1) is 30.0 Å². The van der Waals surface area contributed by atoms with Crippen LogP contribution in [-0.2, 0) is 26.5 Å². The molecule has 3 aliphatic rings. The van der Waals surface area contributed by atoms with E-state index in [4.69, 9.17) is 4.74 Å². The number of β-lactam (4-membered cyclic amide) rings is 1. The van der Waals surface area contributed by atoms with Crippen molar-refractivity contribution in [2.45, 2.75) is 62.6 Å². The highest BCUT2D eigenvalue weighted by atomic mass is 28.4. The Balaban J connectivity index is 1.31. The van der Waals surface area contributed by atoms with Gasteiger partial charge in [-0.25, -0.2) is 0 Å². The van der Waals surface area contributed by atoms with Gasteiger partial charge >= 0.3 is 0 Å². The van der Waals surface area contributed by atoms with Crippen molar-refractivity contribution in [3.05, 3.63) is 84.2 Å². The summed E-state index contributed by atoms with van der Waals surface area (Å²) in [7, 11) is -2.84. The molecule has 1 spiro atoms. The summed E-state index contributed by atoms with van der Waals surface area (Å²) in [6, 6.07) is 15.4. The number of benzene rings is 2. The van der Waals surface area contributed by atoms with Crippen LogP contribution in [0, 0.1) is 5.92 Å². The first-order valence-electron chi connectivity index (χ1n) is 14.9. The topological polar surface area (TPSA) is 121 Å². The van der Waals surface area contributed by atoms with E-state index < -0.39 is 20.0 Å². The van der Waals surface area contributed by atoms with E-state index in [1.165, 1.54) is 0 Å². The minimum absolute atomic E-state index is 0.0595. The Kier molecular flexibility index (Phi) is 7.62. The van der Waals surface area contributed by atoms with E-state index in [1.54, 1.807) is 20.6 Å². The number of aromatic nitrogens is 3. The second-order valence-electron chi connectivity index (χ2n) is 12.4. The fraction of sp³-hybridized carbons (Fsp3) is 0.438. The maximum atomic E-state index is 14.3. The number of amides is 2. The van der Waals surface area contributed by atoms with Gasteiger partial charge in [0.2, 0.25) is 5.91 Å². The molecule has 0 aliphatic carbocycles. The fourth-order valence-electron chi connectivity index (χ4n) is 7.30. The number of hydrogen-bond donors (Lipinski definition) is 2. The Bertz CT molecular complexity index is 1540. The summed E-state index contributed by atoms with van der Waals surface area (Å²) in [5.41, 5.74) is 2.36. The van der Waals surface area contributed by atoms with Crippen molar-refractivity contribution < 1.29 is 24.2 Å². The van der Waals surface area contributed by atoms with Gasteiger partial charge in [0.25, 0.3) is 5.91 Å². The van der Waals surface area contributed by atoms with Crippen molar-refractivity contribution in [3.8, 4) is 0 Å². The predicted molar refractivity (Wildman–Crippen MR) is 165 cm³/mol. The maximum absolute atomic E-state index is 14.3. The largest absolute Gasteiger partial charge is 0.432 e. The molecule has 1 aromatic heterocycles. The van der Waals surface area contributed by atoms with Crippen LogP contribution in [0.25, 0.3) is 0 Å². The SMILES string of the molecule is C=CCN1C(=O)[C@@]2(O[C@@H](CCn3cc(C(CO)c4ccccc4)nn3)[C@H]([Si](C)(C)O)[C@H]2C)c2cc(N3CCC3=O)ccc21. The summed E-state index contributed by atoms with van der Waals surface area (Å²) in [4.78, 5) is 41.6. The lowest BCUT2D eigenvalue weighted by atomic mass is 9.82. The second-order valence-corrected chi connectivity index (χ2v) is 16.4. The Hall–Kier alpha value is -3.64. The number of fused-ring (bicyclic) bond motifs is 2. The molecular formula is C32H39N5O5Si. The number of ether oxygens (including phenoxy) is 1. The van der Waals surface area contributed by atoms with E-state index in [1.807, 2.05) is 74.7 Å². The van der Waals surface area contributed by atoms with E-state index in [-0.39, 0.29) is 35.8 Å². The molecule has 0 bridgehead atoms. The molecule has 2 amide bonds. The van der Waals surface area contributed by atoms with Crippen LogP contribution in [0.1, 0.15) is 42.5 Å². The molecule has 0 saturated carbocycles. The predicted octanol–water partition coefficient (Wildman–Crippen LogP) is 3.56. The Morgan fingerprint density at radius 1 is 1.21 bits per heavy atom. The van der Waals surface area contributed by atoms with E-state index in [0.717, 1.165) is 22.5 Å². The van der Waals surface area contributed by atoms with Gasteiger partial charge in [-0.3, -0.25) is 14.3 Å². The van der Waals surface area contributed by atoms with Crippen LogP contribution >= 0.6 is 0 Å². The van der Waals surface area contributed by atoms with Crippen LogP contribution in [0.5, 0.6) is 0 Å². The van der Waals surface area contributed by atoms with Crippen LogP contribution in [-0.4, -0.2) is 70.8 Å². The van der Waals surface area contributed by atoms with Crippen LogP contribution in [0.2, 0.25) is 18.6 Å². The molecule has 11 heteroatoms. The smallest absolute Gasteiger partial charge is 0.264 e. The summed E-state index contributed by atoms with van der Waals surface area (Å²) >= 11 is 0. The number of carbonyl (C=O) groups is 2. The van der Waals surface area contributed by atoms with Gasteiger partial charge in [-0.15, -0.1) is 11.7 Å². The lowest BCUT2D eigenvalue weighted by Gasteiger charge is -2.33. The molecule has 4 heterocycles. The minimum atomic E-state index is -2.84. The van der Waals surface area contributed by atoms with Crippen molar-refractivity contribution >= 4 is 31.5 Å². The summed E-state index contributed by atoms with van der Waals surface area (Å²) in [5.74, 6) is -0.696. The van der Waals surface area contributed by atoms with Crippen LogP contribution in [0.15, 0.2) is 67.4 Å². The number of aliphatic hydroxyl groups is 1. The average Bonchev–Trinajstić information content (AvgIpc) is 3.63. The normalized spacial score (nSPS) is 25.7. The summed E-state index contributed by atoms with van der Waals surface area (Å²) in [6.07, 6.45) is 4.16. The molecule has 2 fully saturated rings. The summed E-state index contributed by atoms with van der Waals surface area (Å²) in [5, 5.41) is 18.8. The van der Waals surface area contributed by atoms with Gasteiger partial charge in [0.1, 0.15) is 0 Å². The molecule has 226 valence electrons. The average molecular weight is 602 g/mol.